The third-order valence-electron chi connectivity index (χ3n) is 4.68. The molecule has 0 aliphatic carbocycles. The first-order valence-electron chi connectivity index (χ1n) is 8.92. The maximum Gasteiger partial charge on any atom is 0.340 e. The van der Waals surface area contributed by atoms with Gasteiger partial charge in [0.25, 0.3) is 0 Å². The lowest BCUT2D eigenvalue weighted by atomic mass is 10.1. The highest BCUT2D eigenvalue weighted by molar-refractivity contribution is 6.12. The molecule has 0 amide bonds. The molecule has 0 atom stereocenters. The molecule has 4 aromatic rings. The summed E-state index contributed by atoms with van der Waals surface area (Å²) in [4.78, 5) is 25.7. The van der Waals surface area contributed by atoms with Crippen LogP contribution in [0.15, 0.2) is 66.7 Å². The summed E-state index contributed by atoms with van der Waals surface area (Å²) in [6, 6.07) is 20.7. The number of ether oxygens (including phenoxy) is 1. The molecule has 2 aromatic heterocycles. The molecular formula is C23H19NO3. The number of nitrogens with zero attached hydrogens (tertiary/aromatic N) is 1. The van der Waals surface area contributed by atoms with Crippen molar-refractivity contribution < 1.29 is 14.3 Å². The molecule has 134 valence electrons. The van der Waals surface area contributed by atoms with Gasteiger partial charge < -0.3 is 9.14 Å². The van der Waals surface area contributed by atoms with Crippen LogP contribution in [0.1, 0.15) is 38.9 Å². The van der Waals surface area contributed by atoms with Crippen LogP contribution in [0.5, 0.6) is 0 Å². The van der Waals surface area contributed by atoms with Gasteiger partial charge in [0.2, 0.25) is 5.78 Å². The Morgan fingerprint density at radius 2 is 1.67 bits per heavy atom. The molecule has 27 heavy (non-hydrogen) atoms. The molecular weight excluding hydrogens is 338 g/mol. The van der Waals surface area contributed by atoms with Crippen molar-refractivity contribution in [3.63, 3.8) is 0 Å². The molecule has 0 radical (unpaired) electrons. The molecule has 0 N–H and O–H groups in total. The minimum atomic E-state index is -0.423. The van der Waals surface area contributed by atoms with Gasteiger partial charge in [-0.25, -0.2) is 4.79 Å². The van der Waals surface area contributed by atoms with E-state index in [0.717, 1.165) is 16.5 Å². The molecule has 4 nitrogen and oxygen atoms in total. The number of rotatable bonds is 4. The van der Waals surface area contributed by atoms with E-state index in [1.807, 2.05) is 72.0 Å². The maximum atomic E-state index is 13.2. The molecule has 4 heteroatoms. The molecule has 2 aromatic carbocycles. The predicted molar refractivity (Wildman–Crippen MR) is 105 cm³/mol. The summed E-state index contributed by atoms with van der Waals surface area (Å²) in [7, 11) is 0. The molecule has 4 rings (SSSR count). The molecule has 0 aliphatic heterocycles. The van der Waals surface area contributed by atoms with Gasteiger partial charge in [-0.15, -0.1) is 0 Å². The average molecular weight is 357 g/mol. The number of carbonyl (C=O) groups excluding carboxylic acids is 2. The summed E-state index contributed by atoms with van der Waals surface area (Å²) in [5.41, 5.74) is 4.07. The molecule has 0 spiro atoms. The Morgan fingerprint density at radius 3 is 2.41 bits per heavy atom. The van der Waals surface area contributed by atoms with Crippen LogP contribution < -0.4 is 0 Å². The van der Waals surface area contributed by atoms with Crippen LogP contribution in [0.2, 0.25) is 0 Å². The first kappa shape index (κ1) is 17.0. The van der Waals surface area contributed by atoms with E-state index < -0.39 is 5.97 Å². The summed E-state index contributed by atoms with van der Waals surface area (Å²) in [6.45, 7) is 4.03. The van der Waals surface area contributed by atoms with Crippen LogP contribution in [0.3, 0.4) is 0 Å². The molecule has 0 saturated heterocycles. The summed E-state index contributed by atoms with van der Waals surface area (Å²) in [5, 5.41) is 0.994. The Balaban J connectivity index is 2.00. The molecule has 2 heterocycles. The van der Waals surface area contributed by atoms with Gasteiger partial charge in [-0.05, 0) is 37.4 Å². The Morgan fingerprint density at radius 1 is 0.926 bits per heavy atom. The van der Waals surface area contributed by atoms with Gasteiger partial charge in [0, 0.05) is 5.56 Å². The Kier molecular flexibility index (Phi) is 4.24. The predicted octanol–water partition coefficient (Wildman–Crippen LogP) is 4.81. The van der Waals surface area contributed by atoms with Crippen molar-refractivity contribution in [1.82, 2.24) is 4.40 Å². The Bertz CT molecular complexity index is 1170. The molecule has 0 fully saturated rings. The number of benzene rings is 2. The fourth-order valence-corrected chi connectivity index (χ4v) is 3.34. The first-order chi connectivity index (χ1) is 13.1. The van der Waals surface area contributed by atoms with Crippen LogP contribution in [0.4, 0.5) is 0 Å². The fraction of sp³-hybridized carbons (Fsp3) is 0.130. The zero-order valence-corrected chi connectivity index (χ0v) is 15.2. The van der Waals surface area contributed by atoms with Crippen molar-refractivity contribution in [3.8, 4) is 0 Å². The van der Waals surface area contributed by atoms with Crippen molar-refractivity contribution >= 4 is 28.2 Å². The van der Waals surface area contributed by atoms with Crippen molar-refractivity contribution in [1.29, 1.82) is 0 Å². The molecule has 0 unspecified atom stereocenters. The van der Waals surface area contributed by atoms with Crippen molar-refractivity contribution in [3.05, 3.63) is 89.1 Å². The number of pyridine rings is 1. The monoisotopic (exact) mass is 357 g/mol. The molecule has 0 saturated carbocycles. The van der Waals surface area contributed by atoms with Gasteiger partial charge in [0.1, 0.15) is 0 Å². The summed E-state index contributed by atoms with van der Waals surface area (Å²) < 4.78 is 7.05. The number of aryl methyl sites for hydroxylation is 1. The van der Waals surface area contributed by atoms with E-state index in [2.05, 4.69) is 0 Å². The van der Waals surface area contributed by atoms with Gasteiger partial charge in [0.15, 0.2) is 0 Å². The van der Waals surface area contributed by atoms with Crippen molar-refractivity contribution in [2.45, 2.75) is 13.8 Å². The highest BCUT2D eigenvalue weighted by Gasteiger charge is 2.22. The van der Waals surface area contributed by atoms with Gasteiger partial charge >= 0.3 is 5.97 Å². The number of hydrogen-bond acceptors (Lipinski definition) is 3. The number of fused-ring (bicyclic) bond motifs is 3. The zero-order chi connectivity index (χ0) is 19.0. The smallest absolute Gasteiger partial charge is 0.340 e. The number of ketones is 1. The van der Waals surface area contributed by atoms with Crippen LogP contribution in [-0.4, -0.2) is 22.8 Å². The van der Waals surface area contributed by atoms with Gasteiger partial charge in [-0.1, -0.05) is 54.1 Å². The fourth-order valence-electron chi connectivity index (χ4n) is 3.34. The van der Waals surface area contributed by atoms with E-state index in [0.29, 0.717) is 22.3 Å². The number of hydrogen-bond donors (Lipinski definition) is 0. The number of carbonyl (C=O) groups is 2. The van der Waals surface area contributed by atoms with Crippen LogP contribution in [0, 0.1) is 6.92 Å². The number of aromatic nitrogens is 1. The van der Waals surface area contributed by atoms with E-state index in [4.69, 9.17) is 4.74 Å². The quantitative estimate of drug-likeness (QED) is 0.389. The van der Waals surface area contributed by atoms with E-state index in [-0.39, 0.29) is 12.4 Å². The first-order valence-corrected chi connectivity index (χ1v) is 8.92. The highest BCUT2D eigenvalue weighted by Crippen LogP contribution is 2.26. The van der Waals surface area contributed by atoms with E-state index in [9.17, 15) is 9.59 Å². The topological polar surface area (TPSA) is 47.8 Å². The SMILES string of the molecule is CCOC(=O)c1cc(C(=O)c2ccc(C)cc2)n2c1ccc1ccccc12. The summed E-state index contributed by atoms with van der Waals surface area (Å²) in [6.07, 6.45) is 0. The lowest BCUT2D eigenvalue weighted by Crippen LogP contribution is -2.05. The van der Waals surface area contributed by atoms with Gasteiger partial charge in [-0.2, -0.15) is 0 Å². The zero-order valence-electron chi connectivity index (χ0n) is 15.2. The largest absolute Gasteiger partial charge is 0.462 e. The average Bonchev–Trinajstić information content (AvgIpc) is 3.08. The lowest BCUT2D eigenvalue weighted by molar-refractivity contribution is 0.0529. The highest BCUT2D eigenvalue weighted by atomic mass is 16.5. The standard InChI is InChI=1S/C23H19NO3/c1-3-27-23(26)18-14-21(22(25)17-10-8-15(2)9-11-17)24-19-7-5-4-6-16(19)12-13-20(18)24/h4-14H,3H2,1-2H3. The summed E-state index contributed by atoms with van der Waals surface area (Å²) in [5.74, 6) is -0.551. The Hall–Kier alpha value is -3.40. The molecule has 0 aliphatic rings. The van der Waals surface area contributed by atoms with Gasteiger partial charge in [0.05, 0.1) is 28.9 Å². The van der Waals surface area contributed by atoms with Crippen LogP contribution in [0.25, 0.3) is 16.4 Å². The molecule has 0 bridgehead atoms. The van der Waals surface area contributed by atoms with Crippen molar-refractivity contribution in [2.24, 2.45) is 0 Å². The second-order valence-electron chi connectivity index (χ2n) is 6.47. The summed E-state index contributed by atoms with van der Waals surface area (Å²) >= 11 is 0. The van der Waals surface area contributed by atoms with Crippen molar-refractivity contribution in [2.75, 3.05) is 6.61 Å². The van der Waals surface area contributed by atoms with E-state index in [1.165, 1.54) is 0 Å². The third-order valence-corrected chi connectivity index (χ3v) is 4.68. The third kappa shape index (κ3) is 2.89. The normalized spacial score (nSPS) is 11.0. The number of esters is 1. The minimum absolute atomic E-state index is 0.128. The second-order valence-corrected chi connectivity index (χ2v) is 6.47. The minimum Gasteiger partial charge on any atom is -0.462 e. The van der Waals surface area contributed by atoms with Gasteiger partial charge in [-0.3, -0.25) is 4.79 Å². The lowest BCUT2D eigenvalue weighted by Gasteiger charge is -2.08. The Labute approximate surface area is 157 Å². The second kappa shape index (κ2) is 6.72. The van der Waals surface area contributed by atoms with Crippen LogP contribution >= 0.6 is 0 Å². The van der Waals surface area contributed by atoms with E-state index >= 15 is 0 Å². The number of para-hydroxylation sites is 1. The van der Waals surface area contributed by atoms with E-state index in [1.54, 1.807) is 13.0 Å². The van der Waals surface area contributed by atoms with Crippen LogP contribution in [-0.2, 0) is 4.74 Å². The maximum absolute atomic E-state index is 13.2.